The van der Waals surface area contributed by atoms with E-state index in [1.807, 2.05) is 0 Å². The molecule has 0 aliphatic rings. The zero-order valence-electron chi connectivity index (χ0n) is 22.1. The molecule has 3 amide bonds. The predicted octanol–water partition coefficient (Wildman–Crippen LogP) is -1.33. The van der Waals surface area contributed by atoms with Gasteiger partial charge in [-0.05, 0) is 24.3 Å². The first-order valence-corrected chi connectivity index (χ1v) is 12.6. The summed E-state index contributed by atoms with van der Waals surface area (Å²) in [7, 11) is 0. The standard InChI is InChI=1S/C25H39N7O7/c1-3-14(2)20(32-21(35)16(26)13-19(33)34)23(37)30-17(10-7-11-29-25(27)28)22(36)31-18(24(38)39)12-15-8-5-4-6-9-15/h4-6,8-9,14,16-18,20H,3,7,10-13,26H2,1-2H3,(H,30,37)(H,31,36)(H,32,35)(H,33,34)(H,38,39)(H4,27,28,29). The van der Waals surface area contributed by atoms with Crippen LogP contribution in [-0.4, -0.2) is 76.5 Å². The second kappa shape index (κ2) is 16.6. The highest BCUT2D eigenvalue weighted by atomic mass is 16.4. The number of guanidine groups is 1. The molecule has 0 fully saturated rings. The lowest BCUT2D eigenvalue weighted by atomic mass is 9.97. The van der Waals surface area contributed by atoms with Gasteiger partial charge in [-0.3, -0.25) is 24.2 Å². The highest BCUT2D eigenvalue weighted by Crippen LogP contribution is 2.11. The van der Waals surface area contributed by atoms with Crippen molar-refractivity contribution in [1.82, 2.24) is 16.0 Å². The zero-order chi connectivity index (χ0) is 29.5. The highest BCUT2D eigenvalue weighted by molar-refractivity contribution is 5.94. The van der Waals surface area contributed by atoms with E-state index in [-0.39, 0.29) is 31.8 Å². The first-order valence-electron chi connectivity index (χ1n) is 12.6. The topological polar surface area (TPSA) is 252 Å². The lowest BCUT2D eigenvalue weighted by Gasteiger charge is -2.28. The molecule has 11 N–H and O–H groups in total. The lowest BCUT2D eigenvalue weighted by Crippen LogP contribution is -2.58. The van der Waals surface area contributed by atoms with Crippen molar-refractivity contribution in [1.29, 1.82) is 0 Å². The Balaban J connectivity index is 3.10. The molecule has 1 aromatic rings. The fraction of sp³-hybridized carbons (Fsp3) is 0.520. The Bertz CT molecular complexity index is 1020. The predicted molar refractivity (Wildman–Crippen MR) is 143 cm³/mol. The molecule has 0 heterocycles. The van der Waals surface area contributed by atoms with Crippen molar-refractivity contribution in [3.63, 3.8) is 0 Å². The molecule has 0 aromatic heterocycles. The molecular formula is C25H39N7O7. The van der Waals surface area contributed by atoms with Gasteiger partial charge in [-0.25, -0.2) is 4.79 Å². The van der Waals surface area contributed by atoms with Gasteiger partial charge in [0.1, 0.15) is 18.1 Å². The number of nitrogens with zero attached hydrogens (tertiary/aromatic N) is 1. The van der Waals surface area contributed by atoms with E-state index in [0.717, 1.165) is 0 Å². The summed E-state index contributed by atoms with van der Waals surface area (Å²) in [6.45, 7) is 3.64. The zero-order valence-corrected chi connectivity index (χ0v) is 22.1. The molecule has 0 aliphatic carbocycles. The molecule has 0 saturated heterocycles. The van der Waals surface area contributed by atoms with Crippen molar-refractivity contribution in [3.05, 3.63) is 35.9 Å². The first kappa shape index (κ1) is 32.8. The molecule has 14 heteroatoms. The summed E-state index contributed by atoms with van der Waals surface area (Å²) in [5.41, 5.74) is 17.0. The smallest absolute Gasteiger partial charge is 0.326 e. The number of benzene rings is 1. The summed E-state index contributed by atoms with van der Waals surface area (Å²) in [5.74, 6) is -5.36. The molecule has 1 aromatic carbocycles. The van der Waals surface area contributed by atoms with E-state index in [9.17, 15) is 29.1 Å². The van der Waals surface area contributed by atoms with Gasteiger partial charge >= 0.3 is 11.9 Å². The molecule has 0 spiro atoms. The van der Waals surface area contributed by atoms with Crippen LogP contribution < -0.4 is 33.2 Å². The summed E-state index contributed by atoms with van der Waals surface area (Å²) in [6.07, 6.45) is 0.187. The van der Waals surface area contributed by atoms with Gasteiger partial charge in [0.15, 0.2) is 5.96 Å². The number of carboxylic acids is 2. The fourth-order valence-electron chi connectivity index (χ4n) is 3.60. The number of rotatable bonds is 17. The Labute approximate surface area is 226 Å². The number of amides is 3. The van der Waals surface area contributed by atoms with Gasteiger partial charge in [0.2, 0.25) is 17.7 Å². The van der Waals surface area contributed by atoms with Gasteiger partial charge in [-0.15, -0.1) is 0 Å². The van der Waals surface area contributed by atoms with E-state index in [4.69, 9.17) is 22.3 Å². The third-order valence-electron chi connectivity index (χ3n) is 6.00. The molecule has 0 bridgehead atoms. The normalized spacial score (nSPS) is 14.5. The molecule has 0 radical (unpaired) electrons. The minimum absolute atomic E-state index is 0.0175. The summed E-state index contributed by atoms with van der Waals surface area (Å²) in [4.78, 5) is 65.5. The number of carbonyl (C=O) groups is 5. The van der Waals surface area contributed by atoms with Gasteiger partial charge in [-0.1, -0.05) is 50.6 Å². The third-order valence-corrected chi connectivity index (χ3v) is 6.00. The summed E-state index contributed by atoms with van der Waals surface area (Å²) < 4.78 is 0. The van der Waals surface area contributed by atoms with E-state index in [1.54, 1.807) is 44.2 Å². The SMILES string of the molecule is CCC(C)C(NC(=O)C(N)CC(=O)O)C(=O)NC(CCCN=C(N)N)C(=O)NC(Cc1ccccc1)C(=O)O. The van der Waals surface area contributed by atoms with Crippen molar-refractivity contribution >= 4 is 35.6 Å². The van der Waals surface area contributed by atoms with Crippen molar-refractivity contribution in [2.24, 2.45) is 28.1 Å². The number of nitrogens with two attached hydrogens (primary N) is 3. The van der Waals surface area contributed by atoms with Gasteiger partial charge in [0, 0.05) is 13.0 Å². The highest BCUT2D eigenvalue weighted by Gasteiger charge is 2.32. The van der Waals surface area contributed by atoms with E-state index >= 15 is 0 Å². The molecule has 5 unspecified atom stereocenters. The minimum Gasteiger partial charge on any atom is -0.481 e. The fourth-order valence-corrected chi connectivity index (χ4v) is 3.60. The van der Waals surface area contributed by atoms with Crippen molar-refractivity contribution < 1.29 is 34.2 Å². The quantitative estimate of drug-likeness (QED) is 0.0645. The largest absolute Gasteiger partial charge is 0.481 e. The Morgan fingerprint density at radius 1 is 0.923 bits per heavy atom. The maximum Gasteiger partial charge on any atom is 0.326 e. The number of carboxylic acid groups (broad SMARTS) is 2. The van der Waals surface area contributed by atoms with Crippen LogP contribution in [0.25, 0.3) is 0 Å². The van der Waals surface area contributed by atoms with Crippen LogP contribution in [0.1, 0.15) is 45.1 Å². The maximum absolute atomic E-state index is 13.2. The van der Waals surface area contributed by atoms with Crippen LogP contribution in [-0.2, 0) is 30.4 Å². The van der Waals surface area contributed by atoms with Gasteiger partial charge in [-0.2, -0.15) is 0 Å². The van der Waals surface area contributed by atoms with E-state index in [2.05, 4.69) is 20.9 Å². The molecule has 14 nitrogen and oxygen atoms in total. The second-order valence-corrected chi connectivity index (χ2v) is 9.18. The van der Waals surface area contributed by atoms with Gasteiger partial charge in [0.05, 0.1) is 12.5 Å². The van der Waals surface area contributed by atoms with E-state index in [1.165, 1.54) is 0 Å². The average Bonchev–Trinajstić information content (AvgIpc) is 2.87. The van der Waals surface area contributed by atoms with E-state index in [0.29, 0.717) is 12.0 Å². The van der Waals surface area contributed by atoms with Crippen molar-refractivity contribution in [2.45, 2.75) is 70.1 Å². The molecule has 0 saturated carbocycles. The Morgan fingerprint density at radius 3 is 2.08 bits per heavy atom. The van der Waals surface area contributed by atoms with Crippen molar-refractivity contribution in [2.75, 3.05) is 6.54 Å². The van der Waals surface area contributed by atoms with Crippen LogP contribution in [0.15, 0.2) is 35.3 Å². The van der Waals surface area contributed by atoms with Crippen LogP contribution in [0.2, 0.25) is 0 Å². The molecule has 216 valence electrons. The molecular weight excluding hydrogens is 510 g/mol. The summed E-state index contributed by atoms with van der Waals surface area (Å²) in [6, 6.07) is 3.77. The molecule has 0 aliphatic heterocycles. The number of hydrogen-bond acceptors (Lipinski definition) is 7. The average molecular weight is 550 g/mol. The number of aliphatic imine (C=N–C) groups is 1. The first-order chi connectivity index (χ1) is 18.3. The van der Waals surface area contributed by atoms with Crippen LogP contribution in [0.5, 0.6) is 0 Å². The van der Waals surface area contributed by atoms with Crippen LogP contribution >= 0.6 is 0 Å². The Morgan fingerprint density at radius 2 is 1.54 bits per heavy atom. The number of nitrogens with one attached hydrogen (secondary N) is 3. The van der Waals surface area contributed by atoms with Gasteiger partial charge < -0.3 is 43.4 Å². The van der Waals surface area contributed by atoms with Gasteiger partial charge in [0.25, 0.3) is 0 Å². The third kappa shape index (κ3) is 12.3. The molecule has 1 rings (SSSR count). The number of hydrogen-bond donors (Lipinski definition) is 8. The van der Waals surface area contributed by atoms with E-state index < -0.39 is 66.2 Å². The number of aliphatic carboxylic acids is 2. The molecule has 39 heavy (non-hydrogen) atoms. The lowest BCUT2D eigenvalue weighted by molar-refractivity contribution is -0.142. The number of carbonyl (C=O) groups excluding carboxylic acids is 3. The Hall–Kier alpha value is -4.20. The van der Waals surface area contributed by atoms with Crippen LogP contribution in [0.4, 0.5) is 0 Å². The minimum atomic E-state index is -1.38. The van der Waals surface area contributed by atoms with Crippen LogP contribution in [0.3, 0.4) is 0 Å². The van der Waals surface area contributed by atoms with Crippen molar-refractivity contribution in [3.8, 4) is 0 Å². The second-order valence-electron chi connectivity index (χ2n) is 9.18. The molecule has 5 atom stereocenters. The maximum atomic E-state index is 13.2. The van der Waals surface area contributed by atoms with Crippen LogP contribution in [0, 0.1) is 5.92 Å². The monoisotopic (exact) mass is 549 g/mol. The summed E-state index contributed by atoms with van der Waals surface area (Å²) >= 11 is 0. The Kier molecular flexibility index (Phi) is 14.0. The summed E-state index contributed by atoms with van der Waals surface area (Å²) in [5, 5.41) is 26.1.